The smallest absolute Gasteiger partial charge is 0.119 e. The molecule has 1 aliphatic rings. The van der Waals surface area contributed by atoms with Gasteiger partial charge in [0.05, 0.1) is 0 Å². The molecule has 0 saturated carbocycles. The van der Waals surface area contributed by atoms with Crippen LogP contribution in [0.5, 0.6) is 11.5 Å². The van der Waals surface area contributed by atoms with Crippen molar-refractivity contribution in [3.63, 3.8) is 0 Å². The third kappa shape index (κ3) is 2.94. The highest BCUT2D eigenvalue weighted by molar-refractivity contribution is 5.76. The van der Waals surface area contributed by atoms with E-state index in [9.17, 15) is 10.2 Å². The Morgan fingerprint density at radius 1 is 1.06 bits per heavy atom. The summed E-state index contributed by atoms with van der Waals surface area (Å²) in [4.78, 5) is 2.09. The first kappa shape index (κ1) is 12.3. The normalized spacial score (nSPS) is 14.5. The van der Waals surface area contributed by atoms with Gasteiger partial charge in [0.1, 0.15) is 11.5 Å². The van der Waals surface area contributed by atoms with Gasteiger partial charge in [-0.05, 0) is 35.8 Å². The van der Waals surface area contributed by atoms with Gasteiger partial charge in [-0.15, -0.1) is 0 Å². The zero-order valence-corrected chi connectivity index (χ0v) is 10.4. The van der Waals surface area contributed by atoms with E-state index in [4.69, 9.17) is 0 Å². The molecular formula is C15H17NO2. The number of allylic oxidation sites excluding steroid dienone is 4. The van der Waals surface area contributed by atoms with E-state index >= 15 is 0 Å². The second-order valence-corrected chi connectivity index (χ2v) is 4.26. The minimum Gasteiger partial charge on any atom is -0.508 e. The molecule has 0 amide bonds. The molecular weight excluding hydrogens is 226 g/mol. The molecule has 0 spiro atoms. The summed E-state index contributed by atoms with van der Waals surface area (Å²) in [6.45, 7) is 3.06. The highest BCUT2D eigenvalue weighted by Gasteiger charge is 2.06. The maximum absolute atomic E-state index is 9.52. The van der Waals surface area contributed by atoms with Gasteiger partial charge in [-0.2, -0.15) is 0 Å². The molecule has 0 saturated heterocycles. The van der Waals surface area contributed by atoms with Gasteiger partial charge < -0.3 is 15.1 Å². The summed E-state index contributed by atoms with van der Waals surface area (Å²) in [6, 6.07) is 4.61. The average molecular weight is 243 g/mol. The van der Waals surface area contributed by atoms with Crippen molar-refractivity contribution in [1.82, 2.24) is 4.90 Å². The molecule has 0 atom stereocenters. The molecule has 1 aromatic rings. The van der Waals surface area contributed by atoms with Crippen LogP contribution in [0.15, 0.2) is 48.8 Å². The lowest BCUT2D eigenvalue weighted by Crippen LogP contribution is -2.10. The van der Waals surface area contributed by atoms with Crippen molar-refractivity contribution in [1.29, 1.82) is 0 Å². The Morgan fingerprint density at radius 2 is 1.78 bits per heavy atom. The van der Waals surface area contributed by atoms with E-state index in [-0.39, 0.29) is 11.5 Å². The number of benzene rings is 1. The quantitative estimate of drug-likeness (QED) is 0.856. The highest BCUT2D eigenvalue weighted by Crippen LogP contribution is 2.27. The molecule has 1 aromatic carbocycles. The average Bonchev–Trinajstić information content (AvgIpc) is 2.54. The summed E-state index contributed by atoms with van der Waals surface area (Å²) in [5.41, 5.74) is 1.76. The maximum Gasteiger partial charge on any atom is 0.119 e. The fourth-order valence-electron chi connectivity index (χ4n) is 1.91. The van der Waals surface area contributed by atoms with Crippen LogP contribution in [0, 0.1) is 0 Å². The Kier molecular flexibility index (Phi) is 3.72. The third-order valence-corrected chi connectivity index (χ3v) is 2.69. The van der Waals surface area contributed by atoms with E-state index in [2.05, 4.69) is 11.8 Å². The van der Waals surface area contributed by atoms with Crippen molar-refractivity contribution in [2.24, 2.45) is 0 Å². The SMILES string of the molecule is CCCN1C=CC=CC(c2cc(O)cc(O)c2)=C1. The summed E-state index contributed by atoms with van der Waals surface area (Å²) < 4.78 is 0. The van der Waals surface area contributed by atoms with Crippen molar-refractivity contribution in [2.45, 2.75) is 13.3 Å². The number of hydrogen-bond donors (Lipinski definition) is 2. The molecule has 0 bridgehead atoms. The molecule has 0 fully saturated rings. The summed E-state index contributed by atoms with van der Waals surface area (Å²) in [6.07, 6.45) is 11.0. The second-order valence-electron chi connectivity index (χ2n) is 4.26. The number of rotatable bonds is 3. The van der Waals surface area contributed by atoms with E-state index in [1.165, 1.54) is 6.07 Å². The Balaban J connectivity index is 2.35. The molecule has 1 aliphatic heterocycles. The fraction of sp³-hybridized carbons (Fsp3) is 0.200. The summed E-state index contributed by atoms with van der Waals surface area (Å²) >= 11 is 0. The largest absolute Gasteiger partial charge is 0.508 e. The molecule has 2 rings (SSSR count). The van der Waals surface area contributed by atoms with Crippen LogP contribution in [-0.4, -0.2) is 21.7 Å². The minimum atomic E-state index is 0.0681. The molecule has 18 heavy (non-hydrogen) atoms. The zero-order chi connectivity index (χ0) is 13.0. The molecule has 1 heterocycles. The summed E-state index contributed by atoms with van der Waals surface area (Å²) in [5.74, 6) is 0.136. The van der Waals surface area contributed by atoms with Crippen LogP contribution in [0.2, 0.25) is 0 Å². The van der Waals surface area contributed by atoms with Crippen molar-refractivity contribution >= 4 is 5.57 Å². The number of aromatic hydroxyl groups is 2. The Morgan fingerprint density at radius 3 is 2.44 bits per heavy atom. The van der Waals surface area contributed by atoms with Crippen LogP contribution < -0.4 is 0 Å². The van der Waals surface area contributed by atoms with Gasteiger partial charge in [-0.3, -0.25) is 0 Å². The lowest BCUT2D eigenvalue weighted by atomic mass is 10.1. The zero-order valence-electron chi connectivity index (χ0n) is 10.4. The number of phenolic OH excluding ortho intramolecular Hbond substituents is 2. The number of phenols is 2. The monoisotopic (exact) mass is 243 g/mol. The van der Waals surface area contributed by atoms with E-state index < -0.39 is 0 Å². The Bertz CT molecular complexity index is 495. The van der Waals surface area contributed by atoms with Crippen LogP contribution in [0.1, 0.15) is 18.9 Å². The Hall–Kier alpha value is -2.16. The fourth-order valence-corrected chi connectivity index (χ4v) is 1.91. The van der Waals surface area contributed by atoms with E-state index in [0.717, 1.165) is 24.1 Å². The number of hydrogen-bond acceptors (Lipinski definition) is 3. The lowest BCUT2D eigenvalue weighted by Gasteiger charge is -2.15. The standard InChI is InChI=1S/C15H17NO2/c1-2-6-16-7-4-3-5-12(11-16)13-8-14(17)10-15(18)9-13/h3-5,7-11,17-18H,2,6H2,1H3. The van der Waals surface area contributed by atoms with Gasteiger partial charge in [-0.25, -0.2) is 0 Å². The molecule has 0 unspecified atom stereocenters. The van der Waals surface area contributed by atoms with E-state index in [1.807, 2.05) is 30.6 Å². The summed E-state index contributed by atoms with van der Waals surface area (Å²) in [7, 11) is 0. The van der Waals surface area contributed by atoms with Crippen LogP contribution in [-0.2, 0) is 0 Å². The first-order valence-corrected chi connectivity index (χ1v) is 6.05. The van der Waals surface area contributed by atoms with Crippen molar-refractivity contribution in [3.8, 4) is 11.5 Å². The molecule has 2 N–H and O–H groups in total. The maximum atomic E-state index is 9.52. The lowest BCUT2D eigenvalue weighted by molar-refractivity contribution is 0.450. The van der Waals surface area contributed by atoms with Gasteiger partial charge in [0, 0.05) is 25.0 Å². The van der Waals surface area contributed by atoms with Gasteiger partial charge >= 0.3 is 0 Å². The highest BCUT2D eigenvalue weighted by atomic mass is 16.3. The topological polar surface area (TPSA) is 43.7 Å². The third-order valence-electron chi connectivity index (χ3n) is 2.69. The molecule has 0 radical (unpaired) electrons. The van der Waals surface area contributed by atoms with Gasteiger partial charge in [0.25, 0.3) is 0 Å². The predicted octanol–water partition coefficient (Wildman–Crippen LogP) is 3.23. The van der Waals surface area contributed by atoms with Crippen molar-refractivity contribution in [2.75, 3.05) is 6.54 Å². The first-order chi connectivity index (χ1) is 8.69. The van der Waals surface area contributed by atoms with Crippen LogP contribution in [0.3, 0.4) is 0 Å². The second kappa shape index (κ2) is 5.45. The number of nitrogens with zero attached hydrogens (tertiary/aromatic N) is 1. The van der Waals surface area contributed by atoms with Crippen LogP contribution in [0.4, 0.5) is 0 Å². The summed E-state index contributed by atoms with van der Waals surface area (Å²) in [5, 5.41) is 19.0. The predicted molar refractivity (Wildman–Crippen MR) is 73.0 cm³/mol. The molecule has 0 aliphatic carbocycles. The van der Waals surface area contributed by atoms with Crippen LogP contribution >= 0.6 is 0 Å². The van der Waals surface area contributed by atoms with E-state index in [1.54, 1.807) is 12.1 Å². The van der Waals surface area contributed by atoms with Crippen molar-refractivity contribution < 1.29 is 10.2 Å². The molecule has 0 aromatic heterocycles. The molecule has 94 valence electrons. The molecule has 3 nitrogen and oxygen atoms in total. The van der Waals surface area contributed by atoms with Gasteiger partial charge in [-0.1, -0.05) is 19.1 Å². The Labute approximate surface area is 107 Å². The molecule has 3 heteroatoms. The van der Waals surface area contributed by atoms with Crippen LogP contribution in [0.25, 0.3) is 5.57 Å². The minimum absolute atomic E-state index is 0.0681. The first-order valence-electron chi connectivity index (χ1n) is 6.05. The van der Waals surface area contributed by atoms with Crippen molar-refractivity contribution in [3.05, 3.63) is 54.4 Å². The van der Waals surface area contributed by atoms with Gasteiger partial charge in [0.2, 0.25) is 0 Å². The van der Waals surface area contributed by atoms with Gasteiger partial charge in [0.15, 0.2) is 0 Å². The van der Waals surface area contributed by atoms with E-state index in [0.29, 0.717) is 0 Å².